The summed E-state index contributed by atoms with van der Waals surface area (Å²) in [5, 5.41) is 7.64. The molecular formula is C22H28N4O3. The van der Waals surface area contributed by atoms with Crippen LogP contribution < -0.4 is 20.5 Å². The molecule has 1 N–H and O–H groups in total. The summed E-state index contributed by atoms with van der Waals surface area (Å²) < 4.78 is 7.19. The summed E-state index contributed by atoms with van der Waals surface area (Å²) in [6.07, 6.45) is 4.25. The van der Waals surface area contributed by atoms with Gasteiger partial charge >= 0.3 is 0 Å². The molecule has 1 aromatic heterocycles. The number of carbonyl (C=O) groups excluding carboxylic acids is 1. The van der Waals surface area contributed by atoms with E-state index in [4.69, 9.17) is 4.74 Å². The van der Waals surface area contributed by atoms with Gasteiger partial charge in [-0.3, -0.25) is 9.59 Å². The quantitative estimate of drug-likeness (QED) is 0.776. The van der Waals surface area contributed by atoms with Crippen LogP contribution in [0.25, 0.3) is 0 Å². The Morgan fingerprint density at radius 1 is 1.24 bits per heavy atom. The number of aromatic nitrogens is 2. The zero-order valence-electron chi connectivity index (χ0n) is 16.8. The average molecular weight is 396 g/mol. The highest BCUT2D eigenvalue weighted by molar-refractivity contribution is 5.78. The maximum absolute atomic E-state index is 12.3. The van der Waals surface area contributed by atoms with E-state index >= 15 is 0 Å². The molecule has 2 fully saturated rings. The van der Waals surface area contributed by atoms with Gasteiger partial charge in [-0.15, -0.1) is 0 Å². The third-order valence-electron chi connectivity index (χ3n) is 5.45. The zero-order chi connectivity index (χ0) is 20.2. The number of ether oxygens (including phenoxy) is 1. The Morgan fingerprint density at radius 3 is 2.90 bits per heavy atom. The maximum atomic E-state index is 12.3. The first-order valence-corrected chi connectivity index (χ1v) is 10.4. The minimum absolute atomic E-state index is 0.00444. The SMILES string of the molecule is Cc1cccc(OCC(=O)N[C@H]2CCCN(c3ccc(=O)n(CC4CC4)n3)C2)c1. The largest absolute Gasteiger partial charge is 0.484 e. The number of hydrogen-bond donors (Lipinski definition) is 1. The number of amides is 1. The second-order valence-corrected chi connectivity index (χ2v) is 8.11. The van der Waals surface area contributed by atoms with E-state index in [-0.39, 0.29) is 24.1 Å². The van der Waals surface area contributed by atoms with Crippen molar-refractivity contribution >= 4 is 11.7 Å². The molecule has 4 rings (SSSR count). The fourth-order valence-electron chi connectivity index (χ4n) is 3.71. The number of aryl methyl sites for hydroxylation is 1. The monoisotopic (exact) mass is 396 g/mol. The Balaban J connectivity index is 1.32. The van der Waals surface area contributed by atoms with Gasteiger partial charge in [-0.05, 0) is 62.3 Å². The first kappa shape index (κ1) is 19.5. The number of nitrogens with zero attached hydrogens (tertiary/aromatic N) is 3. The molecule has 0 spiro atoms. The molecule has 2 heterocycles. The summed E-state index contributed by atoms with van der Waals surface area (Å²) in [5.74, 6) is 1.98. The van der Waals surface area contributed by atoms with Crippen molar-refractivity contribution in [2.45, 2.75) is 45.2 Å². The van der Waals surface area contributed by atoms with E-state index in [9.17, 15) is 9.59 Å². The molecule has 1 aliphatic carbocycles. The summed E-state index contributed by atoms with van der Waals surface area (Å²) in [7, 11) is 0. The van der Waals surface area contributed by atoms with Crippen LogP contribution in [-0.4, -0.2) is 41.4 Å². The standard InChI is InChI=1S/C22H28N4O3/c1-16-4-2-6-19(12-16)29-15-21(27)23-18-5-3-11-25(14-18)20-9-10-22(28)26(24-20)13-17-7-8-17/h2,4,6,9-10,12,17-18H,3,5,7-8,11,13-15H2,1H3,(H,23,27)/t18-/m0/s1. The van der Waals surface area contributed by atoms with Crippen molar-refractivity contribution in [3.05, 3.63) is 52.3 Å². The van der Waals surface area contributed by atoms with Crippen molar-refractivity contribution in [1.29, 1.82) is 0 Å². The van der Waals surface area contributed by atoms with Crippen LogP contribution in [0.2, 0.25) is 0 Å². The Kier molecular flexibility index (Phi) is 5.83. The Hall–Kier alpha value is -2.83. The van der Waals surface area contributed by atoms with Gasteiger partial charge in [0.05, 0.1) is 0 Å². The molecule has 0 radical (unpaired) electrons. The van der Waals surface area contributed by atoms with E-state index in [0.29, 0.717) is 24.8 Å². The summed E-state index contributed by atoms with van der Waals surface area (Å²) in [5.41, 5.74) is 1.05. The lowest BCUT2D eigenvalue weighted by Gasteiger charge is -2.34. The normalized spacial score (nSPS) is 19.1. The molecule has 154 valence electrons. The van der Waals surface area contributed by atoms with Crippen LogP contribution in [-0.2, 0) is 11.3 Å². The smallest absolute Gasteiger partial charge is 0.266 e. The summed E-state index contributed by atoms with van der Waals surface area (Å²) >= 11 is 0. The van der Waals surface area contributed by atoms with Crippen molar-refractivity contribution in [2.24, 2.45) is 5.92 Å². The molecule has 0 bridgehead atoms. The van der Waals surface area contributed by atoms with Gasteiger partial charge in [0.1, 0.15) is 11.6 Å². The number of anilines is 1. The molecule has 1 atom stereocenters. The molecule has 1 saturated carbocycles. The molecule has 1 aliphatic heterocycles. The molecule has 2 aromatic rings. The number of benzene rings is 1. The van der Waals surface area contributed by atoms with E-state index in [1.165, 1.54) is 12.8 Å². The lowest BCUT2D eigenvalue weighted by atomic mass is 10.1. The molecule has 2 aliphatic rings. The zero-order valence-corrected chi connectivity index (χ0v) is 16.8. The molecule has 1 amide bonds. The van der Waals surface area contributed by atoms with Crippen LogP contribution in [0.5, 0.6) is 5.75 Å². The fourth-order valence-corrected chi connectivity index (χ4v) is 3.71. The number of nitrogens with one attached hydrogen (secondary N) is 1. The van der Waals surface area contributed by atoms with Crippen molar-refractivity contribution in [3.8, 4) is 5.75 Å². The molecule has 7 heteroatoms. The van der Waals surface area contributed by atoms with E-state index in [2.05, 4.69) is 15.3 Å². The average Bonchev–Trinajstić information content (AvgIpc) is 3.52. The van der Waals surface area contributed by atoms with E-state index in [1.807, 2.05) is 31.2 Å². The lowest BCUT2D eigenvalue weighted by Crippen LogP contribution is -2.49. The highest BCUT2D eigenvalue weighted by atomic mass is 16.5. The van der Waals surface area contributed by atoms with Crippen molar-refractivity contribution in [3.63, 3.8) is 0 Å². The van der Waals surface area contributed by atoms with Gasteiger partial charge in [0.15, 0.2) is 6.61 Å². The van der Waals surface area contributed by atoms with Crippen LogP contribution in [0.3, 0.4) is 0 Å². The van der Waals surface area contributed by atoms with Gasteiger partial charge in [0.2, 0.25) is 0 Å². The third kappa shape index (κ3) is 5.37. The fraction of sp³-hybridized carbons (Fsp3) is 0.500. The van der Waals surface area contributed by atoms with Crippen molar-refractivity contribution in [1.82, 2.24) is 15.1 Å². The Morgan fingerprint density at radius 2 is 2.10 bits per heavy atom. The minimum Gasteiger partial charge on any atom is -0.484 e. The minimum atomic E-state index is -0.120. The Labute approximate surface area is 170 Å². The number of piperidine rings is 1. The van der Waals surface area contributed by atoms with Crippen molar-refractivity contribution < 1.29 is 9.53 Å². The number of rotatable bonds is 7. The second kappa shape index (κ2) is 8.68. The lowest BCUT2D eigenvalue weighted by molar-refractivity contribution is -0.123. The van der Waals surface area contributed by atoms with E-state index in [0.717, 1.165) is 30.8 Å². The van der Waals surface area contributed by atoms with Gasteiger partial charge in [-0.2, -0.15) is 5.10 Å². The summed E-state index contributed by atoms with van der Waals surface area (Å²) in [4.78, 5) is 26.5. The predicted molar refractivity (Wildman–Crippen MR) is 111 cm³/mol. The van der Waals surface area contributed by atoms with Crippen LogP contribution in [0.15, 0.2) is 41.2 Å². The number of hydrogen-bond acceptors (Lipinski definition) is 5. The maximum Gasteiger partial charge on any atom is 0.266 e. The van der Waals surface area contributed by atoms with Crippen LogP contribution in [0.4, 0.5) is 5.82 Å². The van der Waals surface area contributed by atoms with Gasteiger partial charge in [0.25, 0.3) is 11.5 Å². The van der Waals surface area contributed by atoms with Gasteiger partial charge in [-0.25, -0.2) is 4.68 Å². The molecule has 7 nitrogen and oxygen atoms in total. The summed E-state index contributed by atoms with van der Waals surface area (Å²) in [6, 6.07) is 11.1. The molecule has 1 saturated heterocycles. The highest BCUT2D eigenvalue weighted by Crippen LogP contribution is 2.30. The molecule has 0 unspecified atom stereocenters. The van der Waals surface area contributed by atoms with Crippen LogP contribution in [0.1, 0.15) is 31.2 Å². The second-order valence-electron chi connectivity index (χ2n) is 8.11. The Bertz CT molecular complexity index is 922. The van der Waals surface area contributed by atoms with E-state index < -0.39 is 0 Å². The molecular weight excluding hydrogens is 368 g/mol. The van der Waals surface area contributed by atoms with Crippen LogP contribution in [0, 0.1) is 12.8 Å². The highest BCUT2D eigenvalue weighted by Gasteiger charge is 2.25. The number of carbonyl (C=O) groups is 1. The van der Waals surface area contributed by atoms with Gasteiger partial charge < -0.3 is 15.0 Å². The predicted octanol–water partition coefficient (Wildman–Crippen LogP) is 2.13. The van der Waals surface area contributed by atoms with E-state index in [1.54, 1.807) is 16.8 Å². The van der Waals surface area contributed by atoms with Gasteiger partial charge in [0, 0.05) is 31.7 Å². The third-order valence-corrected chi connectivity index (χ3v) is 5.45. The molecule has 29 heavy (non-hydrogen) atoms. The first-order chi connectivity index (χ1) is 14.1. The first-order valence-electron chi connectivity index (χ1n) is 10.4. The van der Waals surface area contributed by atoms with Crippen molar-refractivity contribution in [2.75, 3.05) is 24.6 Å². The van der Waals surface area contributed by atoms with Crippen LogP contribution >= 0.6 is 0 Å². The topological polar surface area (TPSA) is 76.5 Å². The summed E-state index contributed by atoms with van der Waals surface area (Å²) in [6.45, 7) is 4.26. The van der Waals surface area contributed by atoms with Gasteiger partial charge in [-0.1, -0.05) is 12.1 Å². The molecule has 1 aromatic carbocycles.